The maximum Gasteiger partial charge on any atom is -0.00365 e. The molecule has 0 nitrogen and oxygen atoms in total. The first-order chi connectivity index (χ1) is 10.3. The number of rotatable bonds is 8. The van der Waals surface area contributed by atoms with Crippen molar-refractivity contribution < 1.29 is 0 Å². The van der Waals surface area contributed by atoms with Gasteiger partial charge in [0, 0.05) is 0 Å². The smallest absolute Gasteiger partial charge is 0.00365 e. The number of thioether (sulfide) groups is 1. The summed E-state index contributed by atoms with van der Waals surface area (Å²) in [5, 5.41) is 0. The maximum atomic E-state index is 2.43. The van der Waals surface area contributed by atoms with Gasteiger partial charge in [-0.25, -0.2) is 0 Å². The summed E-state index contributed by atoms with van der Waals surface area (Å²) in [5.41, 5.74) is 0. The van der Waals surface area contributed by atoms with Crippen molar-refractivity contribution in [3.63, 3.8) is 0 Å². The molecule has 1 heteroatoms. The Kier molecular flexibility index (Phi) is 8.59. The van der Waals surface area contributed by atoms with Crippen LogP contribution in [0.3, 0.4) is 0 Å². The Morgan fingerprint density at radius 2 is 1.05 bits per heavy atom. The predicted molar refractivity (Wildman–Crippen MR) is 98.0 cm³/mol. The van der Waals surface area contributed by atoms with Crippen molar-refractivity contribution in [2.45, 2.75) is 90.9 Å². The molecule has 0 radical (unpaired) electrons. The van der Waals surface area contributed by atoms with Crippen LogP contribution in [0, 0.1) is 23.7 Å². The van der Waals surface area contributed by atoms with Crippen molar-refractivity contribution in [2.75, 3.05) is 11.5 Å². The van der Waals surface area contributed by atoms with Gasteiger partial charge in [-0.1, -0.05) is 90.9 Å². The Balaban J connectivity index is 1.69. The molecule has 2 aliphatic carbocycles. The Bertz CT molecular complexity index is 225. The summed E-state index contributed by atoms with van der Waals surface area (Å²) in [4.78, 5) is 0. The van der Waals surface area contributed by atoms with Crippen molar-refractivity contribution in [1.29, 1.82) is 0 Å². The van der Waals surface area contributed by atoms with Crippen LogP contribution >= 0.6 is 11.8 Å². The highest BCUT2D eigenvalue weighted by Gasteiger charge is 2.25. The van der Waals surface area contributed by atoms with Gasteiger partial charge in [-0.05, 0) is 35.2 Å². The minimum atomic E-state index is 1.01. The summed E-state index contributed by atoms with van der Waals surface area (Å²) in [6.45, 7) is 4.86. The molecular formula is C20H38S. The van der Waals surface area contributed by atoms with Gasteiger partial charge in [0.05, 0.1) is 0 Å². The van der Waals surface area contributed by atoms with Crippen LogP contribution in [0.15, 0.2) is 0 Å². The van der Waals surface area contributed by atoms with E-state index in [-0.39, 0.29) is 0 Å². The summed E-state index contributed by atoms with van der Waals surface area (Å²) in [5.74, 6) is 7.05. The van der Waals surface area contributed by atoms with Crippen LogP contribution in [0.1, 0.15) is 90.9 Å². The second-order valence-corrected chi connectivity index (χ2v) is 8.75. The second kappa shape index (κ2) is 10.2. The number of hydrogen-bond acceptors (Lipinski definition) is 1. The summed E-state index contributed by atoms with van der Waals surface area (Å²) >= 11 is 2.31. The highest BCUT2D eigenvalue weighted by molar-refractivity contribution is 7.99. The first-order valence-electron chi connectivity index (χ1n) is 9.92. The first kappa shape index (κ1) is 17.7. The van der Waals surface area contributed by atoms with Gasteiger partial charge in [0.25, 0.3) is 0 Å². The van der Waals surface area contributed by atoms with E-state index < -0.39 is 0 Å². The average Bonchev–Trinajstić information content (AvgIpc) is 2.57. The monoisotopic (exact) mass is 310 g/mol. The minimum Gasteiger partial charge on any atom is -0.161 e. The lowest BCUT2D eigenvalue weighted by atomic mass is 9.79. The molecule has 124 valence electrons. The molecule has 0 bridgehead atoms. The van der Waals surface area contributed by atoms with Gasteiger partial charge in [0.2, 0.25) is 0 Å². The zero-order valence-electron chi connectivity index (χ0n) is 14.6. The van der Waals surface area contributed by atoms with Crippen LogP contribution in [0.2, 0.25) is 0 Å². The maximum absolute atomic E-state index is 2.43. The molecule has 0 heterocycles. The van der Waals surface area contributed by atoms with E-state index in [0.717, 1.165) is 23.7 Å². The van der Waals surface area contributed by atoms with E-state index >= 15 is 0 Å². The zero-order valence-corrected chi connectivity index (χ0v) is 15.4. The molecule has 0 saturated heterocycles. The molecule has 0 aromatic rings. The fourth-order valence-electron chi connectivity index (χ4n) is 4.76. The molecule has 2 rings (SSSR count). The Labute approximate surface area is 138 Å². The van der Waals surface area contributed by atoms with Gasteiger partial charge in [0.15, 0.2) is 0 Å². The molecule has 0 N–H and O–H groups in total. The quantitative estimate of drug-likeness (QED) is 0.468. The minimum absolute atomic E-state index is 1.01. The first-order valence-corrected chi connectivity index (χ1v) is 11.1. The Morgan fingerprint density at radius 3 is 1.38 bits per heavy atom. The van der Waals surface area contributed by atoms with Crippen molar-refractivity contribution >= 4 is 11.8 Å². The summed E-state index contributed by atoms with van der Waals surface area (Å²) in [7, 11) is 0. The van der Waals surface area contributed by atoms with Crippen LogP contribution in [-0.2, 0) is 0 Å². The van der Waals surface area contributed by atoms with E-state index in [9.17, 15) is 0 Å². The molecule has 0 aromatic carbocycles. The summed E-state index contributed by atoms with van der Waals surface area (Å²) in [6.07, 6.45) is 18.0. The number of hydrogen-bond donors (Lipinski definition) is 0. The van der Waals surface area contributed by atoms with Crippen molar-refractivity contribution in [1.82, 2.24) is 0 Å². The lowest BCUT2D eigenvalue weighted by molar-refractivity contribution is 0.257. The zero-order chi connectivity index (χ0) is 14.9. The molecule has 0 aliphatic heterocycles. The van der Waals surface area contributed by atoms with Gasteiger partial charge in [-0.3, -0.25) is 0 Å². The molecule has 0 aromatic heterocycles. The van der Waals surface area contributed by atoms with Crippen molar-refractivity contribution in [3.8, 4) is 0 Å². The normalized spacial score (nSPS) is 24.9. The highest BCUT2D eigenvalue weighted by Crippen LogP contribution is 2.36. The molecule has 0 amide bonds. The van der Waals surface area contributed by atoms with E-state index in [1.165, 1.54) is 88.6 Å². The van der Waals surface area contributed by atoms with E-state index in [1.807, 2.05) is 0 Å². The van der Waals surface area contributed by atoms with Crippen molar-refractivity contribution in [2.24, 2.45) is 23.7 Å². The van der Waals surface area contributed by atoms with E-state index in [1.54, 1.807) is 0 Å². The van der Waals surface area contributed by atoms with Crippen LogP contribution in [0.5, 0.6) is 0 Å². The van der Waals surface area contributed by atoms with Crippen LogP contribution in [0.4, 0.5) is 0 Å². The van der Waals surface area contributed by atoms with Gasteiger partial charge in [0.1, 0.15) is 0 Å². The fourth-order valence-corrected chi connectivity index (χ4v) is 6.51. The molecule has 2 fully saturated rings. The average molecular weight is 311 g/mol. The van der Waals surface area contributed by atoms with E-state index in [4.69, 9.17) is 0 Å². The standard InChI is InChI=1S/C20H38S/c1-3-17(19-11-7-5-8-12-19)15-21-16-18(4-2)20-13-9-6-10-14-20/h17-20H,3-16H2,1-2H3. The highest BCUT2D eigenvalue weighted by atomic mass is 32.2. The fraction of sp³-hybridized carbons (Fsp3) is 1.00. The third-order valence-electron chi connectivity index (χ3n) is 6.35. The lowest BCUT2D eigenvalue weighted by Crippen LogP contribution is -2.22. The van der Waals surface area contributed by atoms with Crippen LogP contribution in [-0.4, -0.2) is 11.5 Å². The summed E-state index contributed by atoms with van der Waals surface area (Å²) in [6, 6.07) is 0. The second-order valence-electron chi connectivity index (χ2n) is 7.67. The van der Waals surface area contributed by atoms with Crippen LogP contribution < -0.4 is 0 Å². The van der Waals surface area contributed by atoms with E-state index in [0.29, 0.717) is 0 Å². The topological polar surface area (TPSA) is 0 Å². The molecule has 2 unspecified atom stereocenters. The van der Waals surface area contributed by atoms with Crippen LogP contribution in [0.25, 0.3) is 0 Å². The lowest BCUT2D eigenvalue weighted by Gasteiger charge is -2.32. The molecular weight excluding hydrogens is 272 g/mol. The third kappa shape index (κ3) is 5.81. The SMILES string of the molecule is CCC(CSCC(CC)C1CCCCC1)C1CCCCC1. The van der Waals surface area contributed by atoms with Gasteiger partial charge in [-0.2, -0.15) is 11.8 Å². The largest absolute Gasteiger partial charge is 0.161 e. The van der Waals surface area contributed by atoms with Gasteiger partial charge < -0.3 is 0 Å². The van der Waals surface area contributed by atoms with Crippen molar-refractivity contribution in [3.05, 3.63) is 0 Å². The molecule has 2 atom stereocenters. The molecule has 2 aliphatic rings. The van der Waals surface area contributed by atoms with E-state index in [2.05, 4.69) is 25.6 Å². The predicted octanol–water partition coefficient (Wildman–Crippen LogP) is 6.93. The summed E-state index contributed by atoms with van der Waals surface area (Å²) < 4.78 is 0. The molecule has 0 spiro atoms. The third-order valence-corrected chi connectivity index (χ3v) is 7.67. The van der Waals surface area contributed by atoms with Gasteiger partial charge >= 0.3 is 0 Å². The Morgan fingerprint density at radius 1 is 0.667 bits per heavy atom. The Hall–Kier alpha value is 0.350. The molecule has 21 heavy (non-hydrogen) atoms. The molecule has 2 saturated carbocycles. The van der Waals surface area contributed by atoms with Gasteiger partial charge in [-0.15, -0.1) is 0 Å².